The second kappa shape index (κ2) is 9.44. The fourth-order valence-electron chi connectivity index (χ4n) is 5.70. The Bertz CT molecular complexity index is 1030. The van der Waals surface area contributed by atoms with Crippen molar-refractivity contribution < 1.29 is 22.8 Å². The Morgan fingerprint density at radius 2 is 2.03 bits per heavy atom. The number of piperidine rings is 1. The molecule has 2 aromatic rings. The minimum atomic E-state index is -2.99. The Balaban J connectivity index is 1.00. The number of carbonyl (C=O) groups is 1. The molecule has 0 unspecified atom stereocenters. The molecule has 3 aliphatic rings. The topological polar surface area (TPSA) is 93.4 Å². The molecule has 0 aromatic carbocycles. The van der Waals surface area contributed by atoms with Crippen LogP contribution in [0, 0.1) is 18.8 Å². The first kappa shape index (κ1) is 24.1. The molecule has 1 N–H and O–H groups in total. The molecule has 5 rings (SSSR count). The van der Waals surface area contributed by atoms with Crippen LogP contribution < -0.4 is 10.1 Å². The Morgan fingerprint density at radius 1 is 1.29 bits per heavy atom. The third kappa shape index (κ3) is 5.47. The highest BCUT2D eigenvalue weighted by Crippen LogP contribution is 2.59. The SMILES string of the molecule is Cc1ncc(OCC(=O)N[C@H]2CC[C@H](CCN3C[C@@H]4C[C@]4(c4cc(C(C)(F)F)on4)C3)CC2)cn1. The maximum absolute atomic E-state index is 13.5. The van der Waals surface area contributed by atoms with E-state index in [9.17, 15) is 13.6 Å². The monoisotopic (exact) mass is 489 g/mol. The van der Waals surface area contributed by atoms with E-state index in [1.807, 2.05) is 0 Å². The number of nitrogens with one attached hydrogen (secondary N) is 1. The molecule has 2 atom stereocenters. The minimum Gasteiger partial charge on any atom is -0.481 e. The van der Waals surface area contributed by atoms with Gasteiger partial charge in [-0.2, -0.15) is 8.78 Å². The van der Waals surface area contributed by atoms with Crippen LogP contribution in [-0.2, 0) is 16.1 Å². The summed E-state index contributed by atoms with van der Waals surface area (Å²) in [6, 6.07) is 1.65. The highest BCUT2D eigenvalue weighted by molar-refractivity contribution is 5.77. The molecule has 1 saturated heterocycles. The lowest BCUT2D eigenvalue weighted by molar-refractivity contribution is -0.124. The summed E-state index contributed by atoms with van der Waals surface area (Å²) in [5, 5.41) is 7.08. The van der Waals surface area contributed by atoms with Gasteiger partial charge in [0.1, 0.15) is 5.82 Å². The Labute approximate surface area is 203 Å². The first-order chi connectivity index (χ1) is 16.7. The first-order valence-corrected chi connectivity index (χ1v) is 12.5. The lowest BCUT2D eigenvalue weighted by Gasteiger charge is -2.30. The van der Waals surface area contributed by atoms with Gasteiger partial charge in [-0.3, -0.25) is 4.79 Å². The molecular weight excluding hydrogens is 456 g/mol. The number of aromatic nitrogens is 3. The maximum Gasteiger partial charge on any atom is 0.304 e. The van der Waals surface area contributed by atoms with E-state index in [1.54, 1.807) is 19.3 Å². The summed E-state index contributed by atoms with van der Waals surface area (Å²) < 4.78 is 37.5. The van der Waals surface area contributed by atoms with Gasteiger partial charge in [-0.15, -0.1) is 0 Å². The molecule has 35 heavy (non-hydrogen) atoms. The minimum absolute atomic E-state index is 0.0346. The molecule has 8 nitrogen and oxygen atoms in total. The van der Waals surface area contributed by atoms with Crippen LogP contribution in [0.25, 0.3) is 0 Å². The quantitative estimate of drug-likeness (QED) is 0.575. The van der Waals surface area contributed by atoms with Gasteiger partial charge in [0.15, 0.2) is 12.4 Å². The van der Waals surface area contributed by atoms with Crippen molar-refractivity contribution in [3.05, 3.63) is 35.7 Å². The van der Waals surface area contributed by atoms with E-state index >= 15 is 0 Å². The Hall–Kier alpha value is -2.62. The van der Waals surface area contributed by atoms with Crippen LogP contribution in [0.15, 0.2) is 23.0 Å². The van der Waals surface area contributed by atoms with Gasteiger partial charge >= 0.3 is 5.92 Å². The lowest BCUT2D eigenvalue weighted by atomic mass is 9.84. The number of hydrogen-bond acceptors (Lipinski definition) is 7. The van der Waals surface area contributed by atoms with Crippen molar-refractivity contribution in [3.63, 3.8) is 0 Å². The van der Waals surface area contributed by atoms with Gasteiger partial charge < -0.3 is 19.5 Å². The molecule has 190 valence electrons. The highest BCUT2D eigenvalue weighted by Gasteiger charge is 2.62. The van der Waals surface area contributed by atoms with Crippen molar-refractivity contribution in [1.29, 1.82) is 0 Å². The highest BCUT2D eigenvalue weighted by atomic mass is 19.3. The van der Waals surface area contributed by atoms with E-state index in [4.69, 9.17) is 9.26 Å². The summed E-state index contributed by atoms with van der Waals surface area (Å²) in [6.07, 6.45) is 9.41. The van der Waals surface area contributed by atoms with Crippen molar-refractivity contribution >= 4 is 5.91 Å². The largest absolute Gasteiger partial charge is 0.481 e. The smallest absolute Gasteiger partial charge is 0.304 e. The number of likely N-dealkylation sites (tertiary alicyclic amines) is 1. The number of hydrogen-bond donors (Lipinski definition) is 1. The first-order valence-electron chi connectivity index (χ1n) is 12.5. The molecule has 2 saturated carbocycles. The van der Waals surface area contributed by atoms with Gasteiger partial charge in [-0.25, -0.2) is 9.97 Å². The zero-order valence-electron chi connectivity index (χ0n) is 20.3. The van der Waals surface area contributed by atoms with Gasteiger partial charge in [-0.1, -0.05) is 5.16 Å². The number of halogens is 2. The predicted octanol–water partition coefficient (Wildman–Crippen LogP) is 3.60. The van der Waals surface area contributed by atoms with E-state index in [2.05, 4.69) is 25.3 Å². The van der Waals surface area contributed by atoms with Crippen LogP contribution >= 0.6 is 0 Å². The fraction of sp³-hybridized carbons (Fsp3) is 0.680. The molecule has 0 radical (unpaired) electrons. The van der Waals surface area contributed by atoms with Crippen LogP contribution in [0.3, 0.4) is 0 Å². The van der Waals surface area contributed by atoms with Crippen molar-refractivity contribution in [1.82, 2.24) is 25.3 Å². The molecule has 0 spiro atoms. The van der Waals surface area contributed by atoms with Crippen molar-refractivity contribution in [2.24, 2.45) is 11.8 Å². The number of ether oxygens (including phenoxy) is 1. The number of carbonyl (C=O) groups excluding carboxylic acids is 1. The van der Waals surface area contributed by atoms with E-state index in [-0.39, 0.29) is 29.7 Å². The van der Waals surface area contributed by atoms with E-state index in [0.717, 1.165) is 65.1 Å². The molecule has 2 aliphatic carbocycles. The van der Waals surface area contributed by atoms with E-state index < -0.39 is 5.92 Å². The molecule has 1 aliphatic heterocycles. The zero-order chi connectivity index (χ0) is 24.6. The second-order valence-corrected chi connectivity index (χ2v) is 10.6. The molecular formula is C25H33F2N5O3. The zero-order valence-corrected chi connectivity index (χ0v) is 20.3. The summed E-state index contributed by atoms with van der Waals surface area (Å²) in [5.41, 5.74) is 0.596. The normalized spacial score (nSPS) is 28.5. The molecule has 3 heterocycles. The van der Waals surface area contributed by atoms with Crippen molar-refractivity contribution in [2.75, 3.05) is 26.2 Å². The molecule has 2 aromatic heterocycles. The number of nitrogens with zero attached hydrogens (tertiary/aromatic N) is 4. The number of rotatable bonds is 9. The Kier molecular flexibility index (Phi) is 6.50. The predicted molar refractivity (Wildman–Crippen MR) is 123 cm³/mol. The number of aryl methyl sites for hydroxylation is 1. The second-order valence-electron chi connectivity index (χ2n) is 10.6. The van der Waals surface area contributed by atoms with Gasteiger partial charge in [0.2, 0.25) is 5.76 Å². The number of amides is 1. The summed E-state index contributed by atoms with van der Waals surface area (Å²) in [4.78, 5) is 22.8. The summed E-state index contributed by atoms with van der Waals surface area (Å²) in [6.45, 7) is 5.49. The van der Waals surface area contributed by atoms with Crippen LogP contribution in [0.2, 0.25) is 0 Å². The molecule has 3 fully saturated rings. The third-order valence-electron chi connectivity index (χ3n) is 7.86. The van der Waals surface area contributed by atoms with E-state index in [1.165, 1.54) is 6.07 Å². The molecule has 10 heteroatoms. The lowest BCUT2D eigenvalue weighted by Crippen LogP contribution is -2.40. The number of alkyl halides is 2. The number of fused-ring (bicyclic) bond motifs is 1. The van der Waals surface area contributed by atoms with Gasteiger partial charge in [0.25, 0.3) is 5.91 Å². The summed E-state index contributed by atoms with van der Waals surface area (Å²) >= 11 is 0. The van der Waals surface area contributed by atoms with Gasteiger partial charge in [0.05, 0.1) is 18.1 Å². The Morgan fingerprint density at radius 3 is 2.71 bits per heavy atom. The van der Waals surface area contributed by atoms with Gasteiger partial charge in [0, 0.05) is 37.5 Å². The van der Waals surface area contributed by atoms with Crippen molar-refractivity contribution in [2.45, 2.75) is 69.8 Å². The summed E-state index contributed by atoms with van der Waals surface area (Å²) in [7, 11) is 0. The molecule has 1 amide bonds. The van der Waals surface area contributed by atoms with Crippen LogP contribution in [0.4, 0.5) is 8.78 Å². The third-order valence-corrected chi connectivity index (χ3v) is 7.86. The van der Waals surface area contributed by atoms with Crippen LogP contribution in [-0.4, -0.2) is 58.2 Å². The average Bonchev–Trinajstić information content (AvgIpc) is 3.16. The molecule has 0 bridgehead atoms. The van der Waals surface area contributed by atoms with Crippen LogP contribution in [0.1, 0.15) is 62.7 Å². The van der Waals surface area contributed by atoms with Crippen LogP contribution in [0.5, 0.6) is 5.75 Å². The summed E-state index contributed by atoms with van der Waals surface area (Å²) in [5.74, 6) is -1.17. The average molecular weight is 490 g/mol. The van der Waals surface area contributed by atoms with E-state index in [0.29, 0.717) is 29.1 Å². The van der Waals surface area contributed by atoms with Gasteiger partial charge in [-0.05, 0) is 63.8 Å². The fourth-order valence-corrected chi connectivity index (χ4v) is 5.70. The maximum atomic E-state index is 13.5. The van der Waals surface area contributed by atoms with Crippen molar-refractivity contribution in [3.8, 4) is 5.75 Å². The standard InChI is InChI=1S/C25H33F2N5O3/c1-16-28-11-20(12-29-16)34-14-23(33)30-19-5-3-17(4-6-19)7-8-32-13-18-10-25(18,15-32)21-9-22(35-31-21)24(2,26)27/h9,11-12,17-19H,3-8,10,13-15H2,1-2H3,(H,30,33)/t17-,18-,19-,25-/m0/s1.